The molecule has 0 saturated heterocycles. The number of carbonyl (C=O) groups excluding carboxylic acids is 3. The second-order valence-corrected chi connectivity index (χ2v) is 7.93. The van der Waals surface area contributed by atoms with Gasteiger partial charge in [-0.05, 0) is 38.3 Å². The van der Waals surface area contributed by atoms with Crippen LogP contribution in [0.5, 0.6) is 0 Å². The van der Waals surface area contributed by atoms with Gasteiger partial charge in [0.05, 0.1) is 10.8 Å². The number of hydrogen-bond acceptors (Lipinski definition) is 5. The number of ketones is 2. The van der Waals surface area contributed by atoms with Crippen LogP contribution in [-0.2, 0) is 24.4 Å². The quantitative estimate of drug-likeness (QED) is 0.835. The third kappa shape index (κ3) is 2.49. The van der Waals surface area contributed by atoms with E-state index < -0.39 is 33.0 Å². The molecule has 0 radical (unpaired) electrons. The molecule has 1 N–H and O–H groups in total. The van der Waals surface area contributed by atoms with Crippen LogP contribution in [0.2, 0.25) is 0 Å². The molecule has 2 aliphatic rings. The van der Waals surface area contributed by atoms with Crippen molar-refractivity contribution in [2.45, 2.75) is 37.5 Å². The van der Waals surface area contributed by atoms with E-state index in [4.69, 9.17) is 0 Å². The number of hydrogen-bond donors (Lipinski definition) is 1. The number of rotatable bonds is 3. The zero-order chi connectivity index (χ0) is 16.8. The second kappa shape index (κ2) is 5.26. The van der Waals surface area contributed by atoms with Crippen LogP contribution in [0.15, 0.2) is 29.2 Å². The van der Waals surface area contributed by atoms with Gasteiger partial charge in [0.1, 0.15) is 11.2 Å². The Balaban J connectivity index is 1.86. The maximum atomic E-state index is 12.5. The number of benzene rings is 1. The Labute approximate surface area is 134 Å². The first-order chi connectivity index (χ1) is 10.8. The van der Waals surface area contributed by atoms with Gasteiger partial charge < -0.3 is 0 Å². The molecule has 2 saturated carbocycles. The summed E-state index contributed by atoms with van der Waals surface area (Å²) >= 11 is 0. The van der Waals surface area contributed by atoms with E-state index in [9.17, 15) is 22.8 Å². The van der Waals surface area contributed by atoms with Gasteiger partial charge in [0.15, 0.2) is 5.78 Å². The van der Waals surface area contributed by atoms with Crippen LogP contribution in [0.25, 0.3) is 0 Å². The number of sulfonamides is 1. The van der Waals surface area contributed by atoms with Gasteiger partial charge in [0.25, 0.3) is 10.0 Å². The molecule has 2 atom stereocenters. The molecule has 23 heavy (non-hydrogen) atoms. The van der Waals surface area contributed by atoms with E-state index in [1.165, 1.54) is 12.1 Å². The van der Waals surface area contributed by atoms with Gasteiger partial charge in [-0.2, -0.15) is 0 Å². The molecule has 2 fully saturated rings. The number of fused-ring (bicyclic) bond motifs is 2. The Morgan fingerprint density at radius 2 is 1.83 bits per heavy atom. The summed E-state index contributed by atoms with van der Waals surface area (Å²) in [5.41, 5.74) is -0.468. The fraction of sp³-hybridized carbons (Fsp3) is 0.438. The SMILES string of the molecule is Cc1ccc(S(=O)(=O)NC(=O)C23CCC(=O)C(CC2)C3=O)cc1. The number of aryl methyl sites for hydroxylation is 1. The monoisotopic (exact) mass is 335 g/mol. The second-order valence-electron chi connectivity index (χ2n) is 6.25. The van der Waals surface area contributed by atoms with Gasteiger partial charge in [0.2, 0.25) is 5.91 Å². The van der Waals surface area contributed by atoms with Crippen molar-refractivity contribution in [2.75, 3.05) is 0 Å². The van der Waals surface area contributed by atoms with Crippen LogP contribution < -0.4 is 4.72 Å². The molecule has 6 nitrogen and oxygen atoms in total. The lowest BCUT2D eigenvalue weighted by atomic mass is 9.73. The van der Waals surface area contributed by atoms with Gasteiger partial charge in [-0.25, -0.2) is 13.1 Å². The summed E-state index contributed by atoms with van der Waals surface area (Å²) in [5.74, 6) is -2.11. The molecule has 7 heteroatoms. The van der Waals surface area contributed by atoms with E-state index in [-0.39, 0.29) is 29.9 Å². The van der Waals surface area contributed by atoms with Crippen LogP contribution in [-0.4, -0.2) is 25.9 Å². The predicted octanol–water partition coefficient (Wildman–Crippen LogP) is 1.13. The fourth-order valence-corrected chi connectivity index (χ4v) is 4.43. The standard InChI is InChI=1S/C16H17NO5S/c1-10-2-4-11(5-3-10)23(21,22)17-15(20)16-8-6-12(14(16)19)13(18)7-9-16/h2-5,12H,6-9H2,1H3,(H,17,20). The van der Waals surface area contributed by atoms with Crippen molar-refractivity contribution in [1.82, 2.24) is 4.72 Å². The van der Waals surface area contributed by atoms with E-state index in [0.717, 1.165) is 5.56 Å². The van der Waals surface area contributed by atoms with Crippen molar-refractivity contribution in [2.24, 2.45) is 11.3 Å². The molecular weight excluding hydrogens is 318 g/mol. The molecule has 3 rings (SSSR count). The molecule has 0 heterocycles. The van der Waals surface area contributed by atoms with E-state index in [1.807, 2.05) is 11.6 Å². The van der Waals surface area contributed by atoms with E-state index in [1.54, 1.807) is 12.1 Å². The Morgan fingerprint density at radius 1 is 1.17 bits per heavy atom. The zero-order valence-corrected chi connectivity index (χ0v) is 13.5. The Bertz CT molecular complexity index is 796. The Morgan fingerprint density at radius 3 is 2.48 bits per heavy atom. The number of nitrogens with one attached hydrogen (secondary N) is 1. The third-order valence-corrected chi connectivity index (χ3v) is 6.17. The summed E-state index contributed by atoms with van der Waals surface area (Å²) in [6.45, 7) is 1.82. The van der Waals surface area contributed by atoms with Crippen LogP contribution >= 0.6 is 0 Å². The first-order valence-electron chi connectivity index (χ1n) is 7.47. The lowest BCUT2D eigenvalue weighted by molar-refractivity contribution is -0.146. The highest BCUT2D eigenvalue weighted by atomic mass is 32.2. The lowest BCUT2D eigenvalue weighted by Gasteiger charge is -2.29. The van der Waals surface area contributed by atoms with Gasteiger partial charge >= 0.3 is 0 Å². The minimum atomic E-state index is -4.03. The first-order valence-corrected chi connectivity index (χ1v) is 8.95. The molecule has 0 aromatic heterocycles. The van der Waals surface area contributed by atoms with Crippen LogP contribution in [0.4, 0.5) is 0 Å². The summed E-state index contributed by atoms with van der Waals surface area (Å²) in [5, 5.41) is 0. The molecular formula is C16H17NO5S. The predicted molar refractivity (Wildman–Crippen MR) is 80.9 cm³/mol. The summed E-state index contributed by atoms with van der Waals surface area (Å²) in [6, 6.07) is 6.08. The lowest BCUT2D eigenvalue weighted by Crippen LogP contribution is -2.49. The highest BCUT2D eigenvalue weighted by Crippen LogP contribution is 2.47. The molecule has 2 unspecified atom stereocenters. The van der Waals surface area contributed by atoms with E-state index >= 15 is 0 Å². The van der Waals surface area contributed by atoms with E-state index in [0.29, 0.717) is 6.42 Å². The van der Waals surface area contributed by atoms with Crippen LogP contribution in [0.1, 0.15) is 31.2 Å². The molecule has 1 amide bonds. The smallest absolute Gasteiger partial charge is 0.264 e. The van der Waals surface area contributed by atoms with Crippen LogP contribution in [0, 0.1) is 18.3 Å². The van der Waals surface area contributed by atoms with E-state index in [2.05, 4.69) is 0 Å². The molecule has 2 aliphatic carbocycles. The minimum Gasteiger partial charge on any atom is -0.299 e. The summed E-state index contributed by atoms with van der Waals surface area (Å²) in [7, 11) is -4.03. The average Bonchev–Trinajstić information content (AvgIpc) is 2.71. The highest BCUT2D eigenvalue weighted by molar-refractivity contribution is 7.90. The molecule has 1 aromatic carbocycles. The van der Waals surface area contributed by atoms with Gasteiger partial charge in [-0.15, -0.1) is 0 Å². The maximum absolute atomic E-state index is 12.5. The van der Waals surface area contributed by atoms with Gasteiger partial charge in [0, 0.05) is 6.42 Å². The topological polar surface area (TPSA) is 97.4 Å². The van der Waals surface area contributed by atoms with Crippen molar-refractivity contribution >= 4 is 27.5 Å². The van der Waals surface area contributed by atoms with Crippen molar-refractivity contribution in [3.05, 3.63) is 29.8 Å². The molecule has 0 aliphatic heterocycles. The fourth-order valence-electron chi connectivity index (χ4n) is 3.38. The van der Waals surface area contributed by atoms with Crippen molar-refractivity contribution in [3.8, 4) is 0 Å². The largest absolute Gasteiger partial charge is 0.299 e. The third-order valence-electron chi connectivity index (χ3n) is 4.83. The average molecular weight is 335 g/mol. The first kappa shape index (κ1) is 15.9. The molecule has 122 valence electrons. The van der Waals surface area contributed by atoms with Crippen molar-refractivity contribution in [1.29, 1.82) is 0 Å². The highest BCUT2D eigenvalue weighted by Gasteiger charge is 2.58. The zero-order valence-electron chi connectivity index (χ0n) is 12.7. The summed E-state index contributed by atoms with van der Waals surface area (Å²) in [4.78, 5) is 36.5. The maximum Gasteiger partial charge on any atom is 0.264 e. The molecule has 2 bridgehead atoms. The normalized spacial score (nSPS) is 27.1. The Hall–Kier alpha value is -2.02. The van der Waals surface area contributed by atoms with Gasteiger partial charge in [-0.1, -0.05) is 17.7 Å². The van der Waals surface area contributed by atoms with Crippen molar-refractivity contribution in [3.63, 3.8) is 0 Å². The van der Waals surface area contributed by atoms with Crippen molar-refractivity contribution < 1.29 is 22.8 Å². The molecule has 0 spiro atoms. The molecule has 1 aromatic rings. The summed E-state index contributed by atoms with van der Waals surface area (Å²) < 4.78 is 26.7. The number of amides is 1. The number of Topliss-reactive ketones (excluding diaryl/α,β-unsaturated/α-hetero) is 2. The number of carbonyl (C=O) groups is 3. The Kier molecular flexibility index (Phi) is 3.63. The summed E-state index contributed by atoms with van der Waals surface area (Å²) in [6.07, 6.45) is 0.804. The minimum absolute atomic E-state index is 0.0262. The van der Waals surface area contributed by atoms with Gasteiger partial charge in [-0.3, -0.25) is 14.4 Å². The van der Waals surface area contributed by atoms with Crippen LogP contribution in [0.3, 0.4) is 0 Å².